The summed E-state index contributed by atoms with van der Waals surface area (Å²) >= 11 is 0. The molecule has 3 nitrogen and oxygen atoms in total. The minimum Gasteiger partial charge on any atom is -0.341 e. The van der Waals surface area contributed by atoms with E-state index in [2.05, 4.69) is 9.88 Å². The van der Waals surface area contributed by atoms with Crippen LogP contribution in [0.2, 0.25) is 0 Å². The molecule has 0 saturated heterocycles. The maximum atomic E-state index is 13.0. The summed E-state index contributed by atoms with van der Waals surface area (Å²) in [5.41, 5.74) is 7.55. The molecule has 0 spiro atoms. The Morgan fingerprint density at radius 2 is 1.61 bits per heavy atom. The van der Waals surface area contributed by atoms with E-state index in [1.807, 2.05) is 12.1 Å². The first-order valence-electron chi connectivity index (χ1n) is 5.94. The van der Waals surface area contributed by atoms with Gasteiger partial charge in [0.2, 0.25) is 0 Å². The Hall–Kier alpha value is -1.94. The molecule has 0 fully saturated rings. The van der Waals surface area contributed by atoms with Gasteiger partial charge >= 0.3 is 0 Å². The van der Waals surface area contributed by atoms with Crippen LogP contribution in [0.5, 0.6) is 0 Å². The van der Waals surface area contributed by atoms with Gasteiger partial charge in [0, 0.05) is 30.3 Å². The number of pyridine rings is 1. The van der Waals surface area contributed by atoms with Gasteiger partial charge < -0.3 is 10.6 Å². The van der Waals surface area contributed by atoms with Crippen molar-refractivity contribution in [3.05, 3.63) is 54.6 Å². The number of hydrogen-bond acceptors (Lipinski definition) is 3. The van der Waals surface area contributed by atoms with Crippen molar-refractivity contribution in [2.45, 2.75) is 6.42 Å². The van der Waals surface area contributed by atoms with E-state index < -0.39 is 0 Å². The maximum Gasteiger partial charge on any atom is 0.123 e. The summed E-state index contributed by atoms with van der Waals surface area (Å²) in [4.78, 5) is 6.11. The van der Waals surface area contributed by atoms with Crippen LogP contribution in [-0.4, -0.2) is 18.1 Å². The second kappa shape index (κ2) is 6.12. The Balaban J connectivity index is 2.27. The minimum atomic E-state index is -0.229. The quantitative estimate of drug-likeness (QED) is 0.880. The molecular formula is C14H16FN3. The minimum absolute atomic E-state index is 0.229. The van der Waals surface area contributed by atoms with Gasteiger partial charge in [-0.15, -0.1) is 0 Å². The standard InChI is InChI=1S/C14H16FN3/c15-12-2-4-13(5-3-12)18(11-1-8-16)14-6-9-17-10-7-14/h2-7,9-10H,1,8,11,16H2. The van der Waals surface area contributed by atoms with Gasteiger partial charge in [0.1, 0.15) is 5.82 Å². The van der Waals surface area contributed by atoms with Crippen LogP contribution < -0.4 is 10.6 Å². The lowest BCUT2D eigenvalue weighted by molar-refractivity contribution is 0.627. The molecule has 0 atom stereocenters. The average Bonchev–Trinajstić information content (AvgIpc) is 2.42. The largest absolute Gasteiger partial charge is 0.341 e. The number of benzene rings is 1. The third-order valence-electron chi connectivity index (χ3n) is 2.70. The molecule has 0 saturated carbocycles. The molecule has 0 radical (unpaired) electrons. The first kappa shape index (κ1) is 12.5. The molecule has 0 bridgehead atoms. The predicted molar refractivity (Wildman–Crippen MR) is 71.3 cm³/mol. The SMILES string of the molecule is NCCCN(c1ccncc1)c1ccc(F)cc1. The van der Waals surface area contributed by atoms with Crippen molar-refractivity contribution in [1.29, 1.82) is 0 Å². The summed E-state index contributed by atoms with van der Waals surface area (Å²) in [6, 6.07) is 10.3. The summed E-state index contributed by atoms with van der Waals surface area (Å²) in [6.07, 6.45) is 4.36. The number of nitrogens with zero attached hydrogens (tertiary/aromatic N) is 2. The van der Waals surface area contributed by atoms with Crippen LogP contribution in [0.15, 0.2) is 48.8 Å². The highest BCUT2D eigenvalue weighted by Gasteiger charge is 2.08. The number of halogens is 1. The highest BCUT2D eigenvalue weighted by molar-refractivity contribution is 5.62. The van der Waals surface area contributed by atoms with E-state index in [4.69, 9.17) is 5.73 Å². The van der Waals surface area contributed by atoms with Crippen LogP contribution in [0, 0.1) is 5.82 Å². The molecule has 0 aliphatic heterocycles. The van der Waals surface area contributed by atoms with Gasteiger partial charge in [-0.05, 0) is 49.4 Å². The smallest absolute Gasteiger partial charge is 0.123 e. The maximum absolute atomic E-state index is 13.0. The molecule has 1 aromatic heterocycles. The van der Waals surface area contributed by atoms with Crippen molar-refractivity contribution in [3.8, 4) is 0 Å². The molecule has 0 unspecified atom stereocenters. The van der Waals surface area contributed by atoms with E-state index in [1.165, 1.54) is 12.1 Å². The summed E-state index contributed by atoms with van der Waals surface area (Å²) in [6.45, 7) is 1.43. The van der Waals surface area contributed by atoms with E-state index in [-0.39, 0.29) is 5.82 Å². The normalized spacial score (nSPS) is 10.3. The zero-order chi connectivity index (χ0) is 12.8. The molecular weight excluding hydrogens is 229 g/mol. The van der Waals surface area contributed by atoms with Crippen LogP contribution in [0.3, 0.4) is 0 Å². The number of anilines is 2. The highest BCUT2D eigenvalue weighted by Crippen LogP contribution is 2.24. The van der Waals surface area contributed by atoms with Gasteiger partial charge in [0.25, 0.3) is 0 Å². The first-order chi connectivity index (χ1) is 8.81. The summed E-state index contributed by atoms with van der Waals surface area (Å²) in [7, 11) is 0. The molecule has 1 heterocycles. The monoisotopic (exact) mass is 245 g/mol. The molecule has 0 aliphatic carbocycles. The highest BCUT2D eigenvalue weighted by atomic mass is 19.1. The third kappa shape index (κ3) is 3.05. The second-order valence-corrected chi connectivity index (χ2v) is 3.98. The average molecular weight is 245 g/mol. The number of hydrogen-bond donors (Lipinski definition) is 1. The van der Waals surface area contributed by atoms with Gasteiger partial charge in [-0.2, -0.15) is 0 Å². The number of rotatable bonds is 5. The number of nitrogens with two attached hydrogens (primary N) is 1. The predicted octanol–water partition coefficient (Wildman–Crippen LogP) is 2.71. The van der Waals surface area contributed by atoms with Crippen molar-refractivity contribution in [2.75, 3.05) is 18.0 Å². The zero-order valence-corrected chi connectivity index (χ0v) is 10.1. The van der Waals surface area contributed by atoms with Crippen molar-refractivity contribution in [2.24, 2.45) is 5.73 Å². The van der Waals surface area contributed by atoms with E-state index >= 15 is 0 Å². The molecule has 0 aliphatic rings. The van der Waals surface area contributed by atoms with Gasteiger partial charge in [0.15, 0.2) is 0 Å². The summed E-state index contributed by atoms with van der Waals surface area (Å²) < 4.78 is 13.0. The summed E-state index contributed by atoms with van der Waals surface area (Å²) in [5, 5.41) is 0. The van der Waals surface area contributed by atoms with Gasteiger partial charge in [-0.1, -0.05) is 0 Å². The topological polar surface area (TPSA) is 42.1 Å². The van der Waals surface area contributed by atoms with Crippen molar-refractivity contribution in [3.63, 3.8) is 0 Å². The Labute approximate surface area is 106 Å². The fraction of sp³-hybridized carbons (Fsp3) is 0.214. The third-order valence-corrected chi connectivity index (χ3v) is 2.70. The second-order valence-electron chi connectivity index (χ2n) is 3.98. The fourth-order valence-corrected chi connectivity index (χ4v) is 1.80. The molecule has 2 rings (SSSR count). The van der Waals surface area contributed by atoms with Crippen LogP contribution in [0.1, 0.15) is 6.42 Å². The zero-order valence-electron chi connectivity index (χ0n) is 10.1. The van der Waals surface area contributed by atoms with E-state index in [1.54, 1.807) is 24.5 Å². The molecule has 2 N–H and O–H groups in total. The lowest BCUT2D eigenvalue weighted by Gasteiger charge is -2.24. The Morgan fingerprint density at radius 1 is 1.00 bits per heavy atom. The summed E-state index contributed by atoms with van der Waals surface area (Å²) in [5.74, 6) is -0.229. The van der Waals surface area contributed by atoms with Crippen molar-refractivity contribution >= 4 is 11.4 Å². The molecule has 94 valence electrons. The molecule has 0 amide bonds. The van der Waals surface area contributed by atoms with Gasteiger partial charge in [-0.3, -0.25) is 4.98 Å². The lowest BCUT2D eigenvalue weighted by atomic mass is 10.2. The van der Waals surface area contributed by atoms with Gasteiger partial charge in [0.05, 0.1) is 0 Å². The number of aromatic nitrogens is 1. The molecule has 2 aromatic rings. The Kier molecular flexibility index (Phi) is 4.25. The van der Waals surface area contributed by atoms with E-state index in [9.17, 15) is 4.39 Å². The fourth-order valence-electron chi connectivity index (χ4n) is 1.80. The lowest BCUT2D eigenvalue weighted by Crippen LogP contribution is -2.20. The Bertz CT molecular complexity index is 470. The van der Waals surface area contributed by atoms with Crippen LogP contribution >= 0.6 is 0 Å². The van der Waals surface area contributed by atoms with Gasteiger partial charge in [-0.25, -0.2) is 4.39 Å². The van der Waals surface area contributed by atoms with Crippen LogP contribution in [-0.2, 0) is 0 Å². The van der Waals surface area contributed by atoms with Crippen LogP contribution in [0.25, 0.3) is 0 Å². The molecule has 4 heteroatoms. The van der Waals surface area contributed by atoms with E-state index in [0.717, 1.165) is 24.3 Å². The van der Waals surface area contributed by atoms with Crippen molar-refractivity contribution in [1.82, 2.24) is 4.98 Å². The molecule has 18 heavy (non-hydrogen) atoms. The Morgan fingerprint density at radius 3 is 2.22 bits per heavy atom. The van der Waals surface area contributed by atoms with Crippen LogP contribution in [0.4, 0.5) is 15.8 Å². The first-order valence-corrected chi connectivity index (χ1v) is 5.94. The molecule has 1 aromatic carbocycles. The van der Waals surface area contributed by atoms with Crippen molar-refractivity contribution < 1.29 is 4.39 Å². The van der Waals surface area contributed by atoms with E-state index in [0.29, 0.717) is 6.54 Å².